The van der Waals surface area contributed by atoms with E-state index >= 15 is 0 Å². The molecule has 144 valence electrons. The Hall–Kier alpha value is -1.35. The maximum absolute atomic E-state index is 6.04. The minimum absolute atomic E-state index is 0. The Morgan fingerprint density at radius 1 is 1.15 bits per heavy atom. The molecular weight excluding hydrogens is 459 g/mol. The van der Waals surface area contributed by atoms with Crippen molar-refractivity contribution >= 4 is 41.3 Å². The number of nitrogens with one attached hydrogen (secondary N) is 2. The summed E-state index contributed by atoms with van der Waals surface area (Å²) < 4.78 is 6.04. The molecule has 1 heterocycles. The van der Waals surface area contributed by atoms with E-state index in [1.807, 2.05) is 25.1 Å². The van der Waals surface area contributed by atoms with Crippen LogP contribution in [0.1, 0.15) is 41.9 Å². The number of hydrogen-bond acceptors (Lipinski definition) is 4. The second-order valence-corrected chi connectivity index (χ2v) is 8.14. The summed E-state index contributed by atoms with van der Waals surface area (Å²) in [6.45, 7) is 11.6. The molecule has 0 atom stereocenters. The number of thiazole rings is 1. The smallest absolute Gasteiger partial charge is 0.191 e. The highest BCUT2D eigenvalue weighted by atomic mass is 127. The summed E-state index contributed by atoms with van der Waals surface area (Å²) in [6.07, 6.45) is 0. The molecule has 0 fully saturated rings. The number of nitrogens with zero attached hydrogens (tertiary/aromatic N) is 2. The third-order valence-electron chi connectivity index (χ3n) is 3.54. The highest BCUT2D eigenvalue weighted by molar-refractivity contribution is 14.0. The molecule has 2 rings (SSSR count). The van der Waals surface area contributed by atoms with Gasteiger partial charge >= 0.3 is 0 Å². The molecular formula is C19H29IN4OS. The number of ether oxygens (including phenoxy) is 1. The molecule has 7 heteroatoms. The quantitative estimate of drug-likeness (QED) is 0.372. The number of hydrogen-bond donors (Lipinski definition) is 2. The Labute approximate surface area is 177 Å². The summed E-state index contributed by atoms with van der Waals surface area (Å²) in [4.78, 5) is 10.1. The van der Waals surface area contributed by atoms with Crippen LogP contribution < -0.4 is 15.4 Å². The third-order valence-corrected chi connectivity index (χ3v) is 4.61. The second kappa shape index (κ2) is 10.1. The van der Waals surface area contributed by atoms with Gasteiger partial charge in [-0.2, -0.15) is 0 Å². The van der Waals surface area contributed by atoms with Crippen LogP contribution in [0.2, 0.25) is 0 Å². The number of benzene rings is 1. The lowest BCUT2D eigenvalue weighted by Gasteiger charge is -2.23. The van der Waals surface area contributed by atoms with Crippen molar-refractivity contribution in [1.82, 2.24) is 15.6 Å². The molecule has 1 aromatic carbocycles. The van der Waals surface area contributed by atoms with Gasteiger partial charge in [0, 0.05) is 24.0 Å². The summed E-state index contributed by atoms with van der Waals surface area (Å²) >= 11 is 1.71. The summed E-state index contributed by atoms with van der Waals surface area (Å²) in [6, 6.07) is 8.07. The fraction of sp³-hybridized carbons (Fsp3) is 0.474. The topological polar surface area (TPSA) is 58.5 Å². The van der Waals surface area contributed by atoms with Crippen LogP contribution in [0, 0.1) is 13.8 Å². The van der Waals surface area contributed by atoms with Crippen LogP contribution in [-0.2, 0) is 13.1 Å². The van der Waals surface area contributed by atoms with Crippen LogP contribution in [-0.4, -0.2) is 23.6 Å². The Bertz CT molecular complexity index is 718. The van der Waals surface area contributed by atoms with Gasteiger partial charge in [-0.05, 0) is 40.7 Å². The average Bonchev–Trinajstić information content (AvgIpc) is 2.86. The van der Waals surface area contributed by atoms with Gasteiger partial charge < -0.3 is 15.4 Å². The fourth-order valence-electron chi connectivity index (χ4n) is 2.25. The third kappa shape index (κ3) is 7.11. The van der Waals surface area contributed by atoms with Crippen LogP contribution in [0.15, 0.2) is 29.3 Å². The first-order valence-electron chi connectivity index (χ1n) is 8.43. The lowest BCUT2D eigenvalue weighted by molar-refractivity contribution is 0.129. The van der Waals surface area contributed by atoms with Gasteiger partial charge in [-0.25, -0.2) is 4.98 Å². The highest BCUT2D eigenvalue weighted by Gasteiger charge is 2.14. The molecule has 0 aliphatic rings. The van der Waals surface area contributed by atoms with E-state index in [1.54, 1.807) is 18.4 Å². The molecule has 0 aliphatic carbocycles. The van der Waals surface area contributed by atoms with Gasteiger partial charge in [-0.3, -0.25) is 4.99 Å². The summed E-state index contributed by atoms with van der Waals surface area (Å²) in [5, 5.41) is 7.71. The predicted molar refractivity (Wildman–Crippen MR) is 121 cm³/mol. The van der Waals surface area contributed by atoms with Gasteiger partial charge in [0.25, 0.3) is 0 Å². The first-order valence-corrected chi connectivity index (χ1v) is 9.24. The summed E-state index contributed by atoms with van der Waals surface area (Å²) in [5.41, 5.74) is 1.97. The SMILES string of the molecule is CN=C(NCc1nc(C)c(C)s1)NCc1ccccc1OC(C)(C)C.I. The lowest BCUT2D eigenvalue weighted by atomic mass is 10.1. The Kier molecular flexibility index (Phi) is 8.82. The zero-order valence-electron chi connectivity index (χ0n) is 16.3. The van der Waals surface area contributed by atoms with E-state index in [1.165, 1.54) is 4.88 Å². The van der Waals surface area contributed by atoms with E-state index in [0.717, 1.165) is 28.0 Å². The van der Waals surface area contributed by atoms with Crippen molar-refractivity contribution in [1.29, 1.82) is 0 Å². The normalized spacial score (nSPS) is 11.7. The molecule has 0 unspecified atom stereocenters. The number of aliphatic imine (C=N–C) groups is 1. The molecule has 0 saturated heterocycles. The summed E-state index contributed by atoms with van der Waals surface area (Å²) in [5.74, 6) is 1.64. The Morgan fingerprint density at radius 3 is 2.38 bits per heavy atom. The van der Waals surface area contributed by atoms with Crippen LogP contribution in [0.5, 0.6) is 5.75 Å². The van der Waals surface area contributed by atoms with Crippen molar-refractivity contribution in [3.8, 4) is 5.75 Å². The van der Waals surface area contributed by atoms with Gasteiger partial charge in [-0.1, -0.05) is 18.2 Å². The number of aromatic nitrogens is 1. The fourth-order valence-corrected chi connectivity index (χ4v) is 3.13. The zero-order valence-corrected chi connectivity index (χ0v) is 19.5. The van der Waals surface area contributed by atoms with Gasteiger partial charge in [0.15, 0.2) is 5.96 Å². The predicted octanol–water partition coefficient (Wildman–Crippen LogP) is 4.42. The second-order valence-electron chi connectivity index (χ2n) is 6.85. The first kappa shape index (κ1) is 22.7. The molecule has 0 aliphatic heterocycles. The zero-order chi connectivity index (χ0) is 18.4. The lowest BCUT2D eigenvalue weighted by Crippen LogP contribution is -2.36. The molecule has 5 nitrogen and oxygen atoms in total. The monoisotopic (exact) mass is 488 g/mol. The molecule has 0 amide bonds. The number of aryl methyl sites for hydroxylation is 2. The molecule has 2 N–H and O–H groups in total. The van der Waals surface area contributed by atoms with Crippen LogP contribution in [0.3, 0.4) is 0 Å². The van der Waals surface area contributed by atoms with Gasteiger partial charge in [0.1, 0.15) is 16.4 Å². The number of rotatable bonds is 5. The van der Waals surface area contributed by atoms with Gasteiger partial charge in [0.2, 0.25) is 0 Å². The minimum Gasteiger partial charge on any atom is -0.488 e. The van der Waals surface area contributed by atoms with E-state index in [4.69, 9.17) is 4.74 Å². The van der Waals surface area contributed by atoms with E-state index in [0.29, 0.717) is 13.1 Å². The van der Waals surface area contributed by atoms with E-state index in [9.17, 15) is 0 Å². The largest absolute Gasteiger partial charge is 0.488 e. The maximum atomic E-state index is 6.04. The minimum atomic E-state index is -0.226. The molecule has 26 heavy (non-hydrogen) atoms. The Morgan fingerprint density at radius 2 is 1.81 bits per heavy atom. The number of halogens is 1. The van der Waals surface area contributed by atoms with Gasteiger partial charge in [0.05, 0.1) is 12.2 Å². The van der Waals surface area contributed by atoms with Crippen molar-refractivity contribution in [2.24, 2.45) is 4.99 Å². The van der Waals surface area contributed by atoms with Crippen molar-refractivity contribution < 1.29 is 4.74 Å². The highest BCUT2D eigenvalue weighted by Crippen LogP contribution is 2.22. The molecule has 0 radical (unpaired) electrons. The number of guanidine groups is 1. The van der Waals surface area contributed by atoms with Gasteiger partial charge in [-0.15, -0.1) is 35.3 Å². The van der Waals surface area contributed by atoms with Crippen molar-refractivity contribution in [3.05, 3.63) is 45.4 Å². The molecule has 2 aromatic rings. The van der Waals surface area contributed by atoms with E-state index < -0.39 is 0 Å². The average molecular weight is 488 g/mol. The van der Waals surface area contributed by atoms with Crippen molar-refractivity contribution in [2.45, 2.75) is 53.3 Å². The van der Waals surface area contributed by atoms with E-state index in [2.05, 4.69) is 54.4 Å². The van der Waals surface area contributed by atoms with Crippen molar-refractivity contribution in [2.75, 3.05) is 7.05 Å². The van der Waals surface area contributed by atoms with Crippen LogP contribution in [0.4, 0.5) is 0 Å². The number of para-hydroxylation sites is 1. The maximum Gasteiger partial charge on any atom is 0.191 e. The molecule has 0 saturated carbocycles. The van der Waals surface area contributed by atoms with Crippen LogP contribution in [0.25, 0.3) is 0 Å². The van der Waals surface area contributed by atoms with E-state index in [-0.39, 0.29) is 29.6 Å². The molecule has 0 bridgehead atoms. The first-order chi connectivity index (χ1) is 11.8. The van der Waals surface area contributed by atoms with Crippen LogP contribution >= 0.6 is 35.3 Å². The summed E-state index contributed by atoms with van der Waals surface area (Å²) in [7, 11) is 1.77. The standard InChI is InChI=1S/C19H28N4OS.HI/c1-13-14(2)25-17(23-13)12-22-18(20-6)21-11-15-9-7-8-10-16(15)24-19(3,4)5;/h7-10H,11-12H2,1-6H3,(H2,20,21,22);1H. The van der Waals surface area contributed by atoms with Crippen molar-refractivity contribution in [3.63, 3.8) is 0 Å². The molecule has 1 aromatic heterocycles. The molecule has 0 spiro atoms. The Balaban J connectivity index is 0.00000338.